The lowest BCUT2D eigenvalue weighted by atomic mass is 10.1. The van der Waals surface area contributed by atoms with Gasteiger partial charge in [-0.25, -0.2) is 9.18 Å². The molecule has 90 valence electrons. The van der Waals surface area contributed by atoms with E-state index in [1.54, 1.807) is 6.07 Å². The zero-order valence-corrected chi connectivity index (χ0v) is 9.35. The molecule has 4 nitrogen and oxygen atoms in total. The number of carboxylic acid groups (broad SMARTS) is 1. The molecule has 0 radical (unpaired) electrons. The first-order valence-corrected chi connectivity index (χ1v) is 5.27. The molecule has 1 atom stereocenters. The Morgan fingerprint density at radius 3 is 2.88 bits per heavy atom. The number of hydrogen-bond acceptors (Lipinski definition) is 2. The maximum absolute atomic E-state index is 13.1. The number of hydrogen-bond donors (Lipinski definition) is 2. The van der Waals surface area contributed by atoms with E-state index in [2.05, 4.69) is 0 Å². The molecule has 0 bridgehead atoms. The van der Waals surface area contributed by atoms with Crippen LogP contribution in [0.25, 0.3) is 10.9 Å². The first-order chi connectivity index (χ1) is 7.99. The van der Waals surface area contributed by atoms with Crippen molar-refractivity contribution >= 4 is 17.0 Å². The molecular formula is C12H13FN2O2. The Morgan fingerprint density at radius 1 is 1.59 bits per heavy atom. The highest BCUT2D eigenvalue weighted by molar-refractivity contribution is 5.91. The van der Waals surface area contributed by atoms with E-state index in [0.717, 1.165) is 15.5 Å². The number of halogens is 1. The van der Waals surface area contributed by atoms with Gasteiger partial charge in [-0.05, 0) is 37.1 Å². The summed E-state index contributed by atoms with van der Waals surface area (Å²) in [5.41, 5.74) is 6.87. The van der Waals surface area contributed by atoms with E-state index in [-0.39, 0.29) is 6.04 Å². The van der Waals surface area contributed by atoms with E-state index in [9.17, 15) is 9.18 Å². The van der Waals surface area contributed by atoms with E-state index in [1.807, 2.05) is 6.92 Å². The zero-order valence-electron chi connectivity index (χ0n) is 9.35. The van der Waals surface area contributed by atoms with Crippen LogP contribution >= 0.6 is 0 Å². The predicted octanol–water partition coefficient (Wildman–Crippen LogP) is 2.20. The minimum absolute atomic E-state index is 0.0760. The Labute approximate surface area is 97.5 Å². The number of aromatic nitrogens is 1. The van der Waals surface area contributed by atoms with Crippen LogP contribution in [0.15, 0.2) is 24.4 Å². The maximum atomic E-state index is 13.1. The average molecular weight is 236 g/mol. The number of benzene rings is 1. The highest BCUT2D eigenvalue weighted by Gasteiger charge is 2.14. The first-order valence-electron chi connectivity index (χ1n) is 5.27. The van der Waals surface area contributed by atoms with Gasteiger partial charge in [0.1, 0.15) is 5.82 Å². The summed E-state index contributed by atoms with van der Waals surface area (Å²) in [4.78, 5) is 11.0. The summed E-state index contributed by atoms with van der Waals surface area (Å²) in [5, 5.41) is 9.76. The molecule has 3 N–H and O–H groups in total. The second kappa shape index (κ2) is 4.18. The van der Waals surface area contributed by atoms with Gasteiger partial charge in [0.25, 0.3) is 0 Å². The number of carbonyl (C=O) groups is 1. The summed E-state index contributed by atoms with van der Waals surface area (Å²) in [6, 6.07) is 4.04. The monoisotopic (exact) mass is 236 g/mol. The predicted molar refractivity (Wildman–Crippen MR) is 62.7 cm³/mol. The third-order valence-electron chi connectivity index (χ3n) is 2.60. The average Bonchev–Trinajstić information content (AvgIpc) is 2.55. The molecular weight excluding hydrogens is 223 g/mol. The maximum Gasteiger partial charge on any atom is 0.416 e. The number of rotatable bonds is 2. The Kier molecular flexibility index (Phi) is 2.85. The number of fused-ring (bicyclic) bond motifs is 1. The summed E-state index contributed by atoms with van der Waals surface area (Å²) in [7, 11) is 0. The smallest absolute Gasteiger partial charge is 0.416 e. The molecule has 0 spiro atoms. The molecule has 2 rings (SSSR count). The minimum atomic E-state index is -1.13. The van der Waals surface area contributed by atoms with Gasteiger partial charge in [0.15, 0.2) is 0 Å². The van der Waals surface area contributed by atoms with Crippen molar-refractivity contribution in [3.63, 3.8) is 0 Å². The topological polar surface area (TPSA) is 68.2 Å². The van der Waals surface area contributed by atoms with Crippen molar-refractivity contribution in [2.45, 2.75) is 19.4 Å². The van der Waals surface area contributed by atoms with Crippen molar-refractivity contribution in [1.82, 2.24) is 4.57 Å². The summed E-state index contributed by atoms with van der Waals surface area (Å²) in [6.07, 6.45) is 0.926. The zero-order chi connectivity index (χ0) is 12.6. The van der Waals surface area contributed by atoms with Crippen LogP contribution in [-0.2, 0) is 6.42 Å². The van der Waals surface area contributed by atoms with Crippen LogP contribution in [0.5, 0.6) is 0 Å². The van der Waals surface area contributed by atoms with E-state index in [1.165, 1.54) is 18.3 Å². The van der Waals surface area contributed by atoms with E-state index in [4.69, 9.17) is 10.8 Å². The normalized spacial score (nSPS) is 12.9. The lowest BCUT2D eigenvalue weighted by Crippen LogP contribution is -2.17. The van der Waals surface area contributed by atoms with E-state index >= 15 is 0 Å². The Morgan fingerprint density at radius 2 is 2.29 bits per heavy atom. The molecule has 0 aliphatic carbocycles. The van der Waals surface area contributed by atoms with Gasteiger partial charge >= 0.3 is 6.09 Å². The van der Waals surface area contributed by atoms with E-state index < -0.39 is 11.9 Å². The van der Waals surface area contributed by atoms with E-state index in [0.29, 0.717) is 11.9 Å². The van der Waals surface area contributed by atoms with Crippen LogP contribution in [0.1, 0.15) is 12.5 Å². The molecule has 0 amide bonds. The SMILES string of the molecule is C[C@@H](N)Cc1cn(C(=O)O)c2cc(F)ccc12. The van der Waals surface area contributed by atoms with Crippen LogP contribution < -0.4 is 5.73 Å². The Hall–Kier alpha value is -1.88. The summed E-state index contributed by atoms with van der Waals surface area (Å²) in [5.74, 6) is -0.453. The third kappa shape index (κ3) is 2.14. The molecule has 1 aromatic heterocycles. The molecule has 0 saturated heterocycles. The molecule has 1 heterocycles. The lowest BCUT2D eigenvalue weighted by Gasteiger charge is -2.02. The highest BCUT2D eigenvalue weighted by Crippen LogP contribution is 2.23. The third-order valence-corrected chi connectivity index (χ3v) is 2.60. The minimum Gasteiger partial charge on any atom is -0.464 e. The molecule has 0 unspecified atom stereocenters. The van der Waals surface area contributed by atoms with Crippen molar-refractivity contribution in [3.8, 4) is 0 Å². The molecule has 17 heavy (non-hydrogen) atoms. The van der Waals surface area contributed by atoms with Crippen LogP contribution in [-0.4, -0.2) is 21.8 Å². The van der Waals surface area contributed by atoms with Crippen LogP contribution in [0.2, 0.25) is 0 Å². The standard InChI is InChI=1S/C12H13FN2O2/c1-7(14)4-8-6-15(12(16)17)11-5-9(13)2-3-10(8)11/h2-3,5-7H,4,14H2,1H3,(H,16,17)/t7-/m1/s1. The van der Waals surface area contributed by atoms with Gasteiger partial charge in [-0.2, -0.15) is 0 Å². The fourth-order valence-electron chi connectivity index (χ4n) is 1.94. The fraction of sp³-hybridized carbons (Fsp3) is 0.250. The number of nitrogens with two attached hydrogens (primary N) is 1. The van der Waals surface area contributed by atoms with Gasteiger partial charge in [0.05, 0.1) is 5.52 Å². The molecule has 2 aromatic rings. The van der Waals surface area contributed by atoms with Crippen molar-refractivity contribution in [2.24, 2.45) is 5.73 Å². The lowest BCUT2D eigenvalue weighted by molar-refractivity contribution is 0.197. The van der Waals surface area contributed by atoms with Crippen LogP contribution in [0, 0.1) is 5.82 Å². The Bertz CT molecular complexity index is 575. The molecule has 0 aliphatic heterocycles. The van der Waals surface area contributed by atoms with Gasteiger partial charge in [-0.1, -0.05) is 0 Å². The first kappa shape index (κ1) is 11.6. The number of nitrogens with zero attached hydrogens (tertiary/aromatic N) is 1. The van der Waals surface area contributed by atoms with Gasteiger partial charge < -0.3 is 10.8 Å². The molecule has 5 heteroatoms. The van der Waals surface area contributed by atoms with Crippen LogP contribution in [0.4, 0.5) is 9.18 Å². The molecule has 0 fully saturated rings. The van der Waals surface area contributed by atoms with Gasteiger partial charge in [0.2, 0.25) is 0 Å². The van der Waals surface area contributed by atoms with Crippen molar-refractivity contribution in [2.75, 3.05) is 0 Å². The summed E-state index contributed by atoms with van der Waals surface area (Å²) < 4.78 is 14.1. The summed E-state index contributed by atoms with van der Waals surface area (Å²) >= 11 is 0. The van der Waals surface area contributed by atoms with Crippen molar-refractivity contribution in [1.29, 1.82) is 0 Å². The largest absolute Gasteiger partial charge is 0.464 e. The second-order valence-corrected chi connectivity index (χ2v) is 4.15. The quantitative estimate of drug-likeness (QED) is 0.839. The highest BCUT2D eigenvalue weighted by atomic mass is 19.1. The summed E-state index contributed by atoms with van der Waals surface area (Å²) in [6.45, 7) is 1.84. The second-order valence-electron chi connectivity index (χ2n) is 4.15. The van der Waals surface area contributed by atoms with Crippen LogP contribution in [0.3, 0.4) is 0 Å². The molecule has 1 aromatic carbocycles. The van der Waals surface area contributed by atoms with Crippen molar-refractivity contribution in [3.05, 3.63) is 35.8 Å². The van der Waals surface area contributed by atoms with Gasteiger partial charge in [0, 0.05) is 17.6 Å². The molecule has 0 saturated carbocycles. The molecule has 0 aliphatic rings. The Balaban J connectivity index is 2.66. The van der Waals surface area contributed by atoms with Crippen molar-refractivity contribution < 1.29 is 14.3 Å². The van der Waals surface area contributed by atoms with Gasteiger partial charge in [-0.3, -0.25) is 4.57 Å². The van der Waals surface area contributed by atoms with Gasteiger partial charge in [-0.15, -0.1) is 0 Å². The fourth-order valence-corrected chi connectivity index (χ4v) is 1.94.